The lowest BCUT2D eigenvalue weighted by Gasteiger charge is -2.07. The molecule has 6 heteroatoms. The first-order chi connectivity index (χ1) is 9.19. The summed E-state index contributed by atoms with van der Waals surface area (Å²) in [6.07, 6.45) is 2.34. The molecule has 1 N–H and O–H groups in total. The van der Waals surface area contributed by atoms with Crippen LogP contribution in [0.2, 0.25) is 0 Å². The Bertz CT molecular complexity index is 575. The third-order valence-corrected chi connectivity index (χ3v) is 2.47. The monoisotopic (exact) mass is 259 g/mol. The number of hydrogen-bond donors (Lipinski definition) is 1. The maximum atomic E-state index is 11.6. The van der Waals surface area contributed by atoms with Crippen LogP contribution in [0.3, 0.4) is 0 Å². The van der Waals surface area contributed by atoms with Crippen molar-refractivity contribution < 1.29 is 14.3 Å². The fraction of sp³-hybridized carbons (Fsp3) is 0.154. The molecule has 2 rings (SSSR count). The van der Waals surface area contributed by atoms with E-state index in [1.165, 1.54) is 0 Å². The van der Waals surface area contributed by atoms with Crippen molar-refractivity contribution in [3.8, 4) is 5.75 Å². The minimum absolute atomic E-state index is 0.106. The number of nitrogens with zero attached hydrogens (tertiary/aromatic N) is 2. The molecule has 1 amide bonds. The van der Waals surface area contributed by atoms with Gasteiger partial charge in [-0.05, 0) is 24.3 Å². The quantitative estimate of drug-likeness (QED) is 0.820. The summed E-state index contributed by atoms with van der Waals surface area (Å²) in [5.74, 6) is 0.860. The number of nitrogens with one attached hydrogen (secondary N) is 1. The van der Waals surface area contributed by atoms with Crippen molar-refractivity contribution in [1.29, 1.82) is 0 Å². The van der Waals surface area contributed by atoms with Gasteiger partial charge in [0.1, 0.15) is 17.9 Å². The summed E-state index contributed by atoms with van der Waals surface area (Å²) >= 11 is 0. The Labute approximate surface area is 110 Å². The number of hydrogen-bond acceptors (Lipinski definition) is 4. The van der Waals surface area contributed by atoms with E-state index in [4.69, 9.17) is 4.74 Å². The molecule has 1 aromatic heterocycles. The molecular weight excluding hydrogens is 246 g/mol. The van der Waals surface area contributed by atoms with E-state index in [0.29, 0.717) is 17.1 Å². The molecule has 0 spiro atoms. The lowest BCUT2D eigenvalue weighted by Crippen LogP contribution is -2.21. The molecule has 1 heterocycles. The summed E-state index contributed by atoms with van der Waals surface area (Å²) < 4.78 is 6.85. The number of carbonyl (C=O) groups is 2. The van der Waals surface area contributed by atoms with Gasteiger partial charge in [-0.15, -0.1) is 0 Å². The van der Waals surface area contributed by atoms with Crippen LogP contribution in [0.4, 0.5) is 5.82 Å². The number of ether oxygens (including phenoxy) is 1. The summed E-state index contributed by atoms with van der Waals surface area (Å²) in [5, 5.41) is 6.60. The van der Waals surface area contributed by atoms with Gasteiger partial charge in [0.05, 0.1) is 6.20 Å². The zero-order valence-electron chi connectivity index (χ0n) is 10.4. The fourth-order valence-electron chi connectivity index (χ4n) is 1.47. The van der Waals surface area contributed by atoms with Crippen LogP contribution in [-0.4, -0.2) is 28.6 Å². The van der Waals surface area contributed by atoms with Gasteiger partial charge in [0.15, 0.2) is 6.61 Å². The first-order valence-corrected chi connectivity index (χ1v) is 5.65. The molecule has 0 aliphatic heterocycles. The first-order valence-electron chi connectivity index (χ1n) is 5.65. The molecule has 0 fully saturated rings. The lowest BCUT2D eigenvalue weighted by molar-refractivity contribution is -0.118. The third-order valence-electron chi connectivity index (χ3n) is 2.47. The maximum absolute atomic E-state index is 11.6. The van der Waals surface area contributed by atoms with Crippen LogP contribution in [0.5, 0.6) is 5.75 Å². The minimum Gasteiger partial charge on any atom is -0.484 e. The zero-order valence-corrected chi connectivity index (χ0v) is 10.4. The second-order valence-corrected chi connectivity index (χ2v) is 3.86. The molecule has 0 radical (unpaired) electrons. The van der Waals surface area contributed by atoms with E-state index in [0.717, 1.165) is 6.29 Å². The normalized spacial score (nSPS) is 9.95. The van der Waals surface area contributed by atoms with Gasteiger partial charge < -0.3 is 10.1 Å². The van der Waals surface area contributed by atoms with Gasteiger partial charge in [-0.25, -0.2) is 0 Å². The molecule has 98 valence electrons. The number of anilines is 1. The number of aromatic nitrogens is 2. The Morgan fingerprint density at radius 1 is 1.37 bits per heavy atom. The topological polar surface area (TPSA) is 73.2 Å². The fourth-order valence-corrected chi connectivity index (χ4v) is 1.47. The van der Waals surface area contributed by atoms with Crippen molar-refractivity contribution in [1.82, 2.24) is 9.78 Å². The predicted octanol–water partition coefficient (Wildman–Crippen LogP) is 1.25. The largest absolute Gasteiger partial charge is 0.484 e. The van der Waals surface area contributed by atoms with Gasteiger partial charge in [-0.2, -0.15) is 5.10 Å². The molecule has 0 aliphatic carbocycles. The van der Waals surface area contributed by atoms with Crippen LogP contribution in [0.1, 0.15) is 10.4 Å². The Balaban J connectivity index is 1.86. The molecule has 0 bridgehead atoms. The van der Waals surface area contributed by atoms with E-state index in [1.54, 1.807) is 48.3 Å². The second kappa shape index (κ2) is 5.81. The Morgan fingerprint density at radius 3 is 2.68 bits per heavy atom. The smallest absolute Gasteiger partial charge is 0.263 e. The molecule has 0 saturated heterocycles. The highest BCUT2D eigenvalue weighted by Crippen LogP contribution is 2.11. The summed E-state index contributed by atoms with van der Waals surface area (Å²) in [4.78, 5) is 22.1. The number of benzene rings is 1. The predicted molar refractivity (Wildman–Crippen MR) is 69.2 cm³/mol. The number of carbonyl (C=O) groups excluding carboxylic acids is 2. The summed E-state index contributed by atoms with van der Waals surface area (Å²) in [5.41, 5.74) is 0.562. The Morgan fingerprint density at radius 2 is 2.11 bits per heavy atom. The third kappa shape index (κ3) is 3.41. The van der Waals surface area contributed by atoms with Crippen LogP contribution in [0.15, 0.2) is 36.5 Å². The van der Waals surface area contributed by atoms with Gasteiger partial charge in [0.2, 0.25) is 0 Å². The van der Waals surface area contributed by atoms with Gasteiger partial charge in [-0.1, -0.05) is 0 Å². The van der Waals surface area contributed by atoms with E-state index in [9.17, 15) is 9.59 Å². The first kappa shape index (κ1) is 12.8. The molecule has 1 aromatic carbocycles. The van der Waals surface area contributed by atoms with E-state index < -0.39 is 0 Å². The van der Waals surface area contributed by atoms with Crippen molar-refractivity contribution in [3.63, 3.8) is 0 Å². The van der Waals surface area contributed by atoms with Gasteiger partial charge in [0.25, 0.3) is 5.91 Å². The molecular formula is C13H13N3O3. The average molecular weight is 259 g/mol. The van der Waals surface area contributed by atoms with Gasteiger partial charge in [0, 0.05) is 18.7 Å². The van der Waals surface area contributed by atoms with E-state index in [2.05, 4.69) is 10.4 Å². The number of rotatable bonds is 5. The molecule has 0 unspecified atom stereocenters. The number of amides is 1. The average Bonchev–Trinajstić information content (AvgIpc) is 2.82. The molecule has 2 aromatic rings. The summed E-state index contributed by atoms with van der Waals surface area (Å²) in [6.45, 7) is -0.106. The van der Waals surface area contributed by atoms with Crippen LogP contribution in [0.25, 0.3) is 0 Å². The minimum atomic E-state index is -0.275. The van der Waals surface area contributed by atoms with Gasteiger partial charge >= 0.3 is 0 Å². The standard InChI is InChI=1S/C13H13N3O3/c1-16-12(6-7-14-16)15-13(18)9-19-11-4-2-10(8-17)3-5-11/h2-8H,9H2,1H3,(H,15,18). The molecule has 0 atom stereocenters. The number of aryl methyl sites for hydroxylation is 1. The lowest BCUT2D eigenvalue weighted by atomic mass is 10.2. The van der Waals surface area contributed by atoms with Gasteiger partial charge in [-0.3, -0.25) is 14.3 Å². The second-order valence-electron chi connectivity index (χ2n) is 3.86. The molecule has 0 aliphatic rings. The van der Waals surface area contributed by atoms with E-state index in [1.807, 2.05) is 0 Å². The van der Waals surface area contributed by atoms with E-state index >= 15 is 0 Å². The van der Waals surface area contributed by atoms with E-state index in [-0.39, 0.29) is 12.5 Å². The van der Waals surface area contributed by atoms with Crippen molar-refractivity contribution >= 4 is 18.0 Å². The van der Waals surface area contributed by atoms with Crippen molar-refractivity contribution in [2.24, 2.45) is 7.05 Å². The molecule has 19 heavy (non-hydrogen) atoms. The van der Waals surface area contributed by atoms with Crippen LogP contribution in [0, 0.1) is 0 Å². The highest BCUT2D eigenvalue weighted by atomic mass is 16.5. The maximum Gasteiger partial charge on any atom is 0.263 e. The number of aldehydes is 1. The highest BCUT2D eigenvalue weighted by Gasteiger charge is 2.06. The van der Waals surface area contributed by atoms with Crippen molar-refractivity contribution in [2.45, 2.75) is 0 Å². The Kier molecular flexibility index (Phi) is 3.92. The Hall–Kier alpha value is -2.63. The SMILES string of the molecule is Cn1nccc1NC(=O)COc1ccc(C=O)cc1. The summed E-state index contributed by atoms with van der Waals surface area (Å²) in [7, 11) is 1.73. The summed E-state index contributed by atoms with van der Waals surface area (Å²) in [6, 6.07) is 8.22. The highest BCUT2D eigenvalue weighted by molar-refractivity contribution is 5.91. The van der Waals surface area contributed by atoms with Crippen LogP contribution in [-0.2, 0) is 11.8 Å². The molecule has 6 nitrogen and oxygen atoms in total. The van der Waals surface area contributed by atoms with Crippen LogP contribution < -0.4 is 10.1 Å². The van der Waals surface area contributed by atoms with Crippen molar-refractivity contribution in [3.05, 3.63) is 42.1 Å². The van der Waals surface area contributed by atoms with Crippen LogP contribution >= 0.6 is 0 Å². The zero-order chi connectivity index (χ0) is 13.7. The molecule has 0 saturated carbocycles. The van der Waals surface area contributed by atoms with Crippen molar-refractivity contribution in [2.75, 3.05) is 11.9 Å².